The predicted octanol–water partition coefficient (Wildman–Crippen LogP) is 3.82. The molecule has 5 heteroatoms. The van der Waals surface area contributed by atoms with Gasteiger partial charge in [0, 0.05) is 6.42 Å². The van der Waals surface area contributed by atoms with Crippen molar-refractivity contribution in [2.24, 2.45) is 0 Å². The van der Waals surface area contributed by atoms with Gasteiger partial charge in [-0.1, -0.05) is 45.0 Å². The number of carbonyl (C=O) groups is 1. The third-order valence-corrected chi connectivity index (χ3v) is 4.13. The highest BCUT2D eigenvalue weighted by molar-refractivity contribution is 5.67. The van der Waals surface area contributed by atoms with E-state index in [1.54, 1.807) is 12.1 Å². The Morgan fingerprint density at radius 3 is 2.22 bits per heavy atom. The van der Waals surface area contributed by atoms with E-state index in [0.29, 0.717) is 17.9 Å². The van der Waals surface area contributed by atoms with Crippen molar-refractivity contribution < 1.29 is 24.5 Å². The Bertz CT molecular complexity index is 731. The van der Waals surface area contributed by atoms with Crippen molar-refractivity contribution >= 4 is 5.97 Å². The fraction of sp³-hybridized carbons (Fsp3) is 0.409. The highest BCUT2D eigenvalue weighted by atomic mass is 16.5. The zero-order valence-electron chi connectivity index (χ0n) is 16.1. The van der Waals surface area contributed by atoms with Crippen LogP contribution in [-0.2, 0) is 16.6 Å². The van der Waals surface area contributed by atoms with Crippen molar-refractivity contribution in [2.45, 2.75) is 45.1 Å². The first kappa shape index (κ1) is 20.8. The molecule has 0 fully saturated rings. The summed E-state index contributed by atoms with van der Waals surface area (Å²) in [4.78, 5) is 10.7. The van der Waals surface area contributed by atoms with Crippen LogP contribution in [0.2, 0.25) is 0 Å². The Morgan fingerprint density at radius 1 is 1.00 bits per heavy atom. The van der Waals surface area contributed by atoms with Crippen molar-refractivity contribution in [3.8, 4) is 11.5 Å². The molecule has 0 radical (unpaired) electrons. The zero-order chi connectivity index (χ0) is 19.9. The molecule has 0 aliphatic carbocycles. The molecule has 1 unspecified atom stereocenters. The summed E-state index contributed by atoms with van der Waals surface area (Å²) in [5, 5.41) is 18.8. The van der Waals surface area contributed by atoms with E-state index in [1.807, 2.05) is 36.4 Å². The zero-order valence-corrected chi connectivity index (χ0v) is 16.1. The second-order valence-corrected chi connectivity index (χ2v) is 7.59. The third kappa shape index (κ3) is 7.31. The van der Waals surface area contributed by atoms with Crippen molar-refractivity contribution in [1.82, 2.24) is 0 Å². The summed E-state index contributed by atoms with van der Waals surface area (Å²) in [6.07, 6.45) is -0.244. The number of carboxylic acids is 1. The number of aryl methyl sites for hydroxylation is 1. The molecule has 27 heavy (non-hydrogen) atoms. The molecule has 0 spiro atoms. The van der Waals surface area contributed by atoms with Crippen LogP contribution >= 0.6 is 0 Å². The fourth-order valence-electron chi connectivity index (χ4n) is 2.53. The minimum absolute atomic E-state index is 0.0773. The Hall–Kier alpha value is -2.53. The molecule has 146 valence electrons. The van der Waals surface area contributed by atoms with Crippen molar-refractivity contribution in [3.05, 3.63) is 59.7 Å². The maximum atomic E-state index is 10.7. The van der Waals surface area contributed by atoms with Gasteiger partial charge in [-0.05, 0) is 47.2 Å². The third-order valence-electron chi connectivity index (χ3n) is 4.13. The Labute approximate surface area is 160 Å². The van der Waals surface area contributed by atoms with Crippen LogP contribution in [-0.4, -0.2) is 35.5 Å². The number of rotatable bonds is 9. The van der Waals surface area contributed by atoms with Gasteiger partial charge in [-0.2, -0.15) is 0 Å². The maximum Gasteiger partial charge on any atom is 0.303 e. The van der Waals surface area contributed by atoms with E-state index in [-0.39, 0.29) is 25.0 Å². The molecule has 0 saturated carbocycles. The minimum Gasteiger partial charge on any atom is -0.491 e. The van der Waals surface area contributed by atoms with Crippen molar-refractivity contribution in [3.63, 3.8) is 0 Å². The van der Waals surface area contributed by atoms with Crippen LogP contribution < -0.4 is 9.47 Å². The topological polar surface area (TPSA) is 76.0 Å². The number of aliphatic carboxylic acids is 1. The Morgan fingerprint density at radius 2 is 1.63 bits per heavy atom. The monoisotopic (exact) mass is 372 g/mol. The molecule has 0 bridgehead atoms. The lowest BCUT2D eigenvalue weighted by Gasteiger charge is -2.19. The van der Waals surface area contributed by atoms with Gasteiger partial charge in [0.05, 0.1) is 0 Å². The molecule has 0 aromatic heterocycles. The van der Waals surface area contributed by atoms with Crippen LogP contribution in [0, 0.1) is 0 Å². The van der Waals surface area contributed by atoms with Crippen LogP contribution in [0.1, 0.15) is 38.3 Å². The molecule has 2 rings (SSSR count). The summed E-state index contributed by atoms with van der Waals surface area (Å²) < 4.78 is 11.2. The van der Waals surface area contributed by atoms with Gasteiger partial charge in [-0.25, -0.2) is 0 Å². The number of hydrogen-bond donors (Lipinski definition) is 2. The first-order valence-electron chi connectivity index (χ1n) is 9.09. The summed E-state index contributed by atoms with van der Waals surface area (Å²) >= 11 is 0. The predicted molar refractivity (Wildman–Crippen MR) is 105 cm³/mol. The molecule has 2 aromatic rings. The van der Waals surface area contributed by atoms with Gasteiger partial charge in [-0.15, -0.1) is 0 Å². The van der Waals surface area contributed by atoms with E-state index in [4.69, 9.17) is 14.6 Å². The van der Waals surface area contributed by atoms with Crippen molar-refractivity contribution in [2.75, 3.05) is 13.2 Å². The first-order valence-corrected chi connectivity index (χ1v) is 9.09. The smallest absolute Gasteiger partial charge is 0.303 e. The molecule has 0 aliphatic heterocycles. The van der Waals surface area contributed by atoms with Crippen LogP contribution in [0.4, 0.5) is 0 Å². The lowest BCUT2D eigenvalue weighted by Crippen LogP contribution is -2.25. The van der Waals surface area contributed by atoms with E-state index in [2.05, 4.69) is 20.8 Å². The second kappa shape index (κ2) is 9.42. The summed E-state index contributed by atoms with van der Waals surface area (Å²) in [5.74, 6) is 0.480. The number of carboxylic acid groups (broad SMARTS) is 1. The molecule has 5 nitrogen and oxygen atoms in total. The van der Waals surface area contributed by atoms with Gasteiger partial charge in [-0.3, -0.25) is 4.79 Å². The molecular formula is C22H28O5. The van der Waals surface area contributed by atoms with E-state index < -0.39 is 12.1 Å². The highest BCUT2D eigenvalue weighted by Crippen LogP contribution is 2.24. The summed E-state index contributed by atoms with van der Waals surface area (Å²) in [7, 11) is 0. The minimum atomic E-state index is -0.829. The number of aliphatic hydroxyl groups is 1. The van der Waals surface area contributed by atoms with E-state index in [1.165, 1.54) is 5.56 Å². The highest BCUT2D eigenvalue weighted by Gasteiger charge is 2.13. The number of benzene rings is 2. The maximum absolute atomic E-state index is 10.7. The molecule has 0 aliphatic rings. The van der Waals surface area contributed by atoms with Crippen LogP contribution in [0.5, 0.6) is 11.5 Å². The number of hydrogen-bond acceptors (Lipinski definition) is 4. The number of ether oxygens (including phenoxy) is 2. The van der Waals surface area contributed by atoms with Gasteiger partial charge in [0.2, 0.25) is 0 Å². The van der Waals surface area contributed by atoms with Gasteiger partial charge in [0.15, 0.2) is 0 Å². The molecule has 0 heterocycles. The normalized spacial score (nSPS) is 12.4. The molecule has 0 amide bonds. The Balaban J connectivity index is 1.78. The van der Waals surface area contributed by atoms with E-state index in [9.17, 15) is 9.90 Å². The molecule has 2 N–H and O–H groups in total. The van der Waals surface area contributed by atoms with Crippen LogP contribution in [0.15, 0.2) is 48.5 Å². The van der Waals surface area contributed by atoms with Gasteiger partial charge >= 0.3 is 5.97 Å². The SMILES string of the molecule is CC(C)(C)c1ccc(OCC(O)COc2cccc(CCC(=O)O)c2)cc1. The lowest BCUT2D eigenvalue weighted by atomic mass is 9.87. The van der Waals surface area contributed by atoms with E-state index >= 15 is 0 Å². The van der Waals surface area contributed by atoms with Gasteiger partial charge < -0.3 is 19.7 Å². The summed E-state index contributed by atoms with van der Waals surface area (Å²) in [6.45, 7) is 6.69. The molecular weight excluding hydrogens is 344 g/mol. The summed E-state index contributed by atoms with van der Waals surface area (Å²) in [5.41, 5.74) is 2.20. The van der Waals surface area contributed by atoms with Gasteiger partial charge in [0.25, 0.3) is 0 Å². The largest absolute Gasteiger partial charge is 0.491 e. The lowest BCUT2D eigenvalue weighted by molar-refractivity contribution is -0.136. The molecule has 2 aromatic carbocycles. The van der Waals surface area contributed by atoms with Gasteiger partial charge in [0.1, 0.15) is 30.8 Å². The second-order valence-electron chi connectivity index (χ2n) is 7.59. The average molecular weight is 372 g/mol. The standard InChI is InChI=1S/C22H28O5/c1-22(2,3)17-8-10-19(11-9-17)26-14-18(23)15-27-20-6-4-5-16(13-20)7-12-21(24)25/h4-6,8-11,13,18,23H,7,12,14-15H2,1-3H3,(H,24,25). The average Bonchev–Trinajstić information content (AvgIpc) is 2.63. The van der Waals surface area contributed by atoms with Crippen LogP contribution in [0.25, 0.3) is 0 Å². The fourth-order valence-corrected chi connectivity index (χ4v) is 2.53. The quantitative estimate of drug-likeness (QED) is 0.700. The number of aliphatic hydroxyl groups excluding tert-OH is 1. The first-order chi connectivity index (χ1) is 12.7. The van der Waals surface area contributed by atoms with E-state index in [0.717, 1.165) is 5.56 Å². The van der Waals surface area contributed by atoms with Crippen molar-refractivity contribution in [1.29, 1.82) is 0 Å². The Kier molecular flexibility index (Phi) is 7.25. The molecule has 0 saturated heterocycles. The summed E-state index contributed by atoms with van der Waals surface area (Å²) in [6, 6.07) is 15.1. The molecule has 1 atom stereocenters. The van der Waals surface area contributed by atoms with Crippen LogP contribution in [0.3, 0.4) is 0 Å².